The van der Waals surface area contributed by atoms with Crippen molar-refractivity contribution >= 4 is 17.3 Å². The first-order valence-electron chi connectivity index (χ1n) is 8.33. The Bertz CT molecular complexity index is 665. The summed E-state index contributed by atoms with van der Waals surface area (Å²) >= 11 is 1.69. The lowest BCUT2D eigenvalue weighted by atomic mass is 9.87. The van der Waals surface area contributed by atoms with Crippen LogP contribution in [0.15, 0.2) is 34.6 Å². The van der Waals surface area contributed by atoms with E-state index in [0.717, 1.165) is 36.2 Å². The first-order chi connectivity index (χ1) is 11.4. The molecule has 0 aliphatic carbocycles. The van der Waals surface area contributed by atoms with Crippen molar-refractivity contribution in [3.63, 3.8) is 0 Å². The molecule has 0 aliphatic heterocycles. The summed E-state index contributed by atoms with van der Waals surface area (Å²) in [5, 5.41) is 9.92. The first kappa shape index (κ1) is 18.5. The van der Waals surface area contributed by atoms with Gasteiger partial charge in [0.25, 0.3) is 0 Å². The highest BCUT2D eigenvalue weighted by atomic mass is 32.1. The van der Waals surface area contributed by atoms with Gasteiger partial charge in [0, 0.05) is 31.9 Å². The summed E-state index contributed by atoms with van der Waals surface area (Å²) in [4.78, 5) is 8.75. The van der Waals surface area contributed by atoms with Gasteiger partial charge < -0.3 is 10.6 Å². The minimum Gasteiger partial charge on any atom is -0.356 e. The van der Waals surface area contributed by atoms with E-state index in [9.17, 15) is 0 Å². The van der Waals surface area contributed by atoms with E-state index in [1.54, 1.807) is 18.4 Å². The third-order valence-corrected chi connectivity index (χ3v) is 4.67. The number of aryl methyl sites for hydroxylation is 1. The average Bonchev–Trinajstić information content (AvgIpc) is 2.95. The number of guanidine groups is 1. The Morgan fingerprint density at radius 2 is 1.88 bits per heavy atom. The summed E-state index contributed by atoms with van der Waals surface area (Å²) < 4.78 is 0. The number of thiazole rings is 1. The summed E-state index contributed by atoms with van der Waals surface area (Å²) in [7, 11) is 1.80. The summed E-state index contributed by atoms with van der Waals surface area (Å²) in [5.41, 5.74) is 3.93. The normalized spacial score (nSPS) is 12.3. The lowest BCUT2D eigenvalue weighted by Gasteiger charge is -2.19. The van der Waals surface area contributed by atoms with Gasteiger partial charge in [0.05, 0.1) is 10.7 Å². The fourth-order valence-corrected chi connectivity index (χ4v) is 3.01. The standard InChI is InChI=1S/C19H28N4S/c1-14-23-17(13-24-14)10-11-21-18(20-5)22-12-15-6-8-16(9-7-15)19(2,3)4/h6-9,13H,10-12H2,1-5H3,(H2,20,21,22). The van der Waals surface area contributed by atoms with Crippen LogP contribution in [0.25, 0.3) is 0 Å². The molecule has 0 saturated heterocycles. The topological polar surface area (TPSA) is 49.3 Å². The zero-order chi connectivity index (χ0) is 17.6. The van der Waals surface area contributed by atoms with Crippen LogP contribution in [0.4, 0.5) is 0 Å². The maximum Gasteiger partial charge on any atom is 0.191 e. The van der Waals surface area contributed by atoms with Crippen LogP contribution in [0.1, 0.15) is 42.6 Å². The number of hydrogen-bond donors (Lipinski definition) is 2. The van der Waals surface area contributed by atoms with Gasteiger partial charge in [-0.25, -0.2) is 4.98 Å². The highest BCUT2D eigenvalue weighted by Crippen LogP contribution is 2.22. The smallest absolute Gasteiger partial charge is 0.191 e. The van der Waals surface area contributed by atoms with Crippen LogP contribution in [0.2, 0.25) is 0 Å². The predicted octanol–water partition coefficient (Wildman–Crippen LogP) is 3.66. The Hall–Kier alpha value is -1.88. The largest absolute Gasteiger partial charge is 0.356 e. The zero-order valence-corrected chi connectivity index (χ0v) is 16.1. The van der Waals surface area contributed by atoms with Crippen LogP contribution in [0, 0.1) is 6.92 Å². The summed E-state index contributed by atoms with van der Waals surface area (Å²) in [6.07, 6.45) is 0.908. The molecule has 0 radical (unpaired) electrons. The predicted molar refractivity (Wildman–Crippen MR) is 104 cm³/mol. The van der Waals surface area contributed by atoms with Crippen LogP contribution < -0.4 is 10.6 Å². The highest BCUT2D eigenvalue weighted by molar-refractivity contribution is 7.09. The molecule has 0 amide bonds. The van der Waals surface area contributed by atoms with E-state index in [2.05, 4.69) is 71.0 Å². The number of benzene rings is 1. The second-order valence-corrected chi connectivity index (χ2v) is 7.97. The molecule has 2 aromatic rings. The van der Waals surface area contributed by atoms with E-state index in [-0.39, 0.29) is 5.41 Å². The molecule has 0 fully saturated rings. The van der Waals surface area contributed by atoms with E-state index in [0.29, 0.717) is 0 Å². The van der Waals surface area contributed by atoms with Gasteiger partial charge in [-0.05, 0) is 23.5 Å². The molecule has 1 aromatic heterocycles. The third-order valence-electron chi connectivity index (χ3n) is 3.84. The molecule has 0 atom stereocenters. The molecular weight excluding hydrogens is 316 g/mol. The molecule has 5 heteroatoms. The van der Waals surface area contributed by atoms with E-state index in [1.165, 1.54) is 11.1 Å². The maximum atomic E-state index is 4.47. The van der Waals surface area contributed by atoms with Crippen LogP contribution in [0.3, 0.4) is 0 Å². The van der Waals surface area contributed by atoms with Crippen molar-refractivity contribution in [2.45, 2.75) is 46.1 Å². The van der Waals surface area contributed by atoms with Crippen molar-refractivity contribution in [3.05, 3.63) is 51.5 Å². The fraction of sp³-hybridized carbons (Fsp3) is 0.474. The number of aliphatic imine (C=N–C) groups is 1. The molecule has 0 spiro atoms. The van der Waals surface area contributed by atoms with Gasteiger partial charge in [-0.15, -0.1) is 11.3 Å². The lowest BCUT2D eigenvalue weighted by molar-refractivity contribution is 0.590. The molecule has 2 rings (SSSR count). The average molecular weight is 345 g/mol. The van der Waals surface area contributed by atoms with E-state index in [1.807, 2.05) is 6.92 Å². The van der Waals surface area contributed by atoms with Crippen LogP contribution >= 0.6 is 11.3 Å². The number of hydrogen-bond acceptors (Lipinski definition) is 3. The van der Waals surface area contributed by atoms with Crippen LogP contribution in [-0.4, -0.2) is 24.5 Å². The molecule has 130 valence electrons. The highest BCUT2D eigenvalue weighted by Gasteiger charge is 2.12. The number of nitrogens with one attached hydrogen (secondary N) is 2. The van der Waals surface area contributed by atoms with Gasteiger partial charge in [-0.1, -0.05) is 45.0 Å². The Morgan fingerprint density at radius 1 is 1.17 bits per heavy atom. The van der Waals surface area contributed by atoms with Crippen molar-refractivity contribution in [1.29, 1.82) is 0 Å². The summed E-state index contributed by atoms with van der Waals surface area (Å²) in [6.45, 7) is 10.3. The Labute approximate surface area is 149 Å². The summed E-state index contributed by atoms with van der Waals surface area (Å²) in [6, 6.07) is 8.77. The molecule has 1 heterocycles. The molecular formula is C19H28N4S. The second-order valence-electron chi connectivity index (χ2n) is 6.91. The lowest BCUT2D eigenvalue weighted by Crippen LogP contribution is -2.37. The second kappa shape index (κ2) is 8.29. The SMILES string of the molecule is CN=C(NCCc1csc(C)n1)NCc1ccc(C(C)(C)C)cc1. The first-order valence-corrected chi connectivity index (χ1v) is 9.21. The van der Waals surface area contributed by atoms with Gasteiger partial charge in [0.1, 0.15) is 0 Å². The number of nitrogens with zero attached hydrogens (tertiary/aromatic N) is 2. The molecule has 0 aliphatic rings. The molecule has 2 N–H and O–H groups in total. The van der Waals surface area contributed by atoms with Crippen molar-refractivity contribution in [3.8, 4) is 0 Å². The van der Waals surface area contributed by atoms with Gasteiger partial charge >= 0.3 is 0 Å². The molecule has 24 heavy (non-hydrogen) atoms. The Balaban J connectivity index is 1.78. The van der Waals surface area contributed by atoms with Crippen LogP contribution in [-0.2, 0) is 18.4 Å². The monoisotopic (exact) mass is 344 g/mol. The van der Waals surface area contributed by atoms with E-state index < -0.39 is 0 Å². The van der Waals surface area contributed by atoms with Gasteiger partial charge in [-0.3, -0.25) is 4.99 Å². The van der Waals surface area contributed by atoms with Gasteiger partial charge in [-0.2, -0.15) is 0 Å². The quantitative estimate of drug-likeness (QED) is 0.643. The maximum absolute atomic E-state index is 4.47. The molecule has 4 nitrogen and oxygen atoms in total. The molecule has 0 unspecified atom stereocenters. The van der Waals surface area contributed by atoms with Crippen molar-refractivity contribution in [2.24, 2.45) is 4.99 Å². The molecule has 1 aromatic carbocycles. The third kappa shape index (κ3) is 5.64. The Morgan fingerprint density at radius 3 is 2.42 bits per heavy atom. The van der Waals surface area contributed by atoms with Gasteiger partial charge in [0.15, 0.2) is 5.96 Å². The fourth-order valence-electron chi connectivity index (χ4n) is 2.36. The zero-order valence-electron chi connectivity index (χ0n) is 15.3. The Kier molecular flexibility index (Phi) is 6.37. The van der Waals surface area contributed by atoms with Crippen molar-refractivity contribution < 1.29 is 0 Å². The number of rotatable bonds is 5. The van der Waals surface area contributed by atoms with Crippen molar-refractivity contribution in [2.75, 3.05) is 13.6 Å². The number of aromatic nitrogens is 1. The van der Waals surface area contributed by atoms with Crippen molar-refractivity contribution in [1.82, 2.24) is 15.6 Å². The molecule has 0 saturated carbocycles. The van der Waals surface area contributed by atoms with E-state index in [4.69, 9.17) is 0 Å². The minimum absolute atomic E-state index is 0.192. The summed E-state index contributed by atoms with van der Waals surface area (Å²) in [5.74, 6) is 0.821. The molecule has 0 bridgehead atoms. The van der Waals surface area contributed by atoms with E-state index >= 15 is 0 Å². The van der Waals surface area contributed by atoms with Gasteiger partial charge in [0.2, 0.25) is 0 Å². The van der Waals surface area contributed by atoms with Crippen LogP contribution in [0.5, 0.6) is 0 Å². The minimum atomic E-state index is 0.192.